The van der Waals surface area contributed by atoms with Gasteiger partial charge in [-0.15, -0.1) is 4.91 Å². The average Bonchev–Trinajstić information content (AvgIpc) is 0.777. The van der Waals surface area contributed by atoms with Crippen LogP contribution in [0, 0.1) is 88.5 Å². The number of carboxylic acids is 1. The van der Waals surface area contributed by atoms with E-state index in [1.807, 2.05) is 67.6 Å². The van der Waals surface area contributed by atoms with Crippen LogP contribution in [0.1, 0.15) is 88.2 Å². The molecule has 150 heavy (non-hydrogen) atoms. The molecule has 0 radical (unpaired) electrons. The van der Waals surface area contributed by atoms with Crippen molar-refractivity contribution in [3.63, 3.8) is 0 Å². The van der Waals surface area contributed by atoms with Crippen molar-refractivity contribution in [1.82, 2.24) is 75.2 Å². The molecular weight excluding hydrogens is 2160 g/mol. The molecule has 16 rings (SSSR count). The van der Waals surface area contributed by atoms with Gasteiger partial charge in [-0.05, 0) is 320 Å². The van der Waals surface area contributed by atoms with E-state index in [-0.39, 0.29) is 97.2 Å². The molecule has 9 aromatic heterocycles. The molecule has 9 heterocycles. The molecule has 0 saturated carbocycles. The van der Waals surface area contributed by atoms with Crippen molar-refractivity contribution in [2.75, 3.05) is 34.1 Å². The summed E-state index contributed by atoms with van der Waals surface area (Å²) in [5.74, 6) is -3.98. The maximum atomic E-state index is 14.2. The van der Waals surface area contributed by atoms with Crippen LogP contribution >= 0.6 is 57.4 Å². The molecule has 794 valence electrons. The number of carbonyl (C=O) groups excluding carboxylic acids is 1. The van der Waals surface area contributed by atoms with Crippen molar-refractivity contribution >= 4 is 140 Å². The van der Waals surface area contributed by atoms with Crippen LogP contribution in [0.3, 0.4) is 0 Å². The molecule has 0 aliphatic heterocycles. The zero-order chi connectivity index (χ0) is 110. The third-order valence-electron chi connectivity index (χ3n) is 19.8. The molecule has 0 aliphatic carbocycles. The lowest BCUT2D eigenvalue weighted by Crippen LogP contribution is -2.34. The summed E-state index contributed by atoms with van der Waals surface area (Å²) < 4.78 is 131. The molecule has 0 spiro atoms. The Bertz CT molecular complexity index is 7310. The van der Waals surface area contributed by atoms with Crippen LogP contribution in [-0.2, 0) is 20.6 Å². The second-order valence-electron chi connectivity index (χ2n) is 33.7. The lowest BCUT2D eigenvalue weighted by atomic mass is 9.81. The van der Waals surface area contributed by atoms with E-state index in [1.165, 1.54) is 86.6 Å². The van der Waals surface area contributed by atoms with Gasteiger partial charge in [0.2, 0.25) is 44.0 Å². The van der Waals surface area contributed by atoms with Crippen molar-refractivity contribution < 1.29 is 77.2 Å². The van der Waals surface area contributed by atoms with Gasteiger partial charge in [-0.3, -0.25) is 50.9 Å². The number of anilines is 6. The van der Waals surface area contributed by atoms with Crippen molar-refractivity contribution in [3.8, 4) is 89.7 Å². The normalized spacial score (nSPS) is 11.1. The van der Waals surface area contributed by atoms with E-state index >= 15 is 0 Å². The number of nitrogens with one attached hydrogen (secondary N) is 2. The minimum absolute atomic E-state index is 0. The maximum absolute atomic E-state index is 14.2. The third kappa shape index (κ3) is 37.4. The molecule has 0 bridgehead atoms. The smallest absolute Gasteiger partial charge is 0.488 e. The zero-order valence-electron chi connectivity index (χ0n) is 82.0. The van der Waals surface area contributed by atoms with Crippen LogP contribution in [0.4, 0.5) is 75.1 Å². The first-order valence-electron chi connectivity index (χ1n) is 44.3. The van der Waals surface area contributed by atoms with E-state index in [0.29, 0.717) is 81.9 Å². The van der Waals surface area contributed by atoms with Gasteiger partial charge in [0, 0.05) is 131 Å². The van der Waals surface area contributed by atoms with E-state index in [9.17, 15) is 49.1 Å². The molecule has 32 nitrogen and oxygen atoms in total. The summed E-state index contributed by atoms with van der Waals surface area (Å²) in [4.78, 5) is 89.2. The summed E-state index contributed by atoms with van der Waals surface area (Å²) in [6.45, 7) is 25.4. The Morgan fingerprint density at radius 2 is 0.793 bits per heavy atom. The number of aromatic nitrogens is 14. The predicted octanol–water partition coefficient (Wildman–Crippen LogP) is 23.0. The summed E-state index contributed by atoms with van der Waals surface area (Å²) in [5, 5.41) is 28.5. The van der Waals surface area contributed by atoms with E-state index in [2.05, 4.69) is 130 Å². The fourth-order valence-electron chi connectivity index (χ4n) is 13.5. The Kier molecular flexibility index (Phi) is 46.3. The van der Waals surface area contributed by atoms with E-state index < -0.39 is 82.0 Å². The largest absolute Gasteiger partial charge is 0.535 e. The van der Waals surface area contributed by atoms with E-state index in [4.69, 9.17) is 93.7 Å². The number of carbonyl (C=O) groups is 2. The minimum Gasteiger partial charge on any atom is -0.535 e. The summed E-state index contributed by atoms with van der Waals surface area (Å²) in [6.07, 6.45) is 6.55. The van der Waals surface area contributed by atoms with Crippen molar-refractivity contribution in [2.24, 2.45) is 21.5 Å². The summed E-state index contributed by atoms with van der Waals surface area (Å²) in [6, 6.07) is 52.1. The van der Waals surface area contributed by atoms with Gasteiger partial charge in [0.25, 0.3) is 0 Å². The lowest BCUT2D eigenvalue weighted by molar-refractivity contribution is -0.138. The standard InChI is InChI=1S/C25H21F3N6O.C17H16FN5.C16H12ClFN4.C10H6ClFIN3.C10H7ClFN3.C9H8F2O2.C8H21NOSi2.C6H8BNO2.CH4.H2N2O.6H2/c1-13-12-16(10-11-30-13)21-22(15-6-8-17(26)9-7-15)31-25(29)32-23(21)33-34-24(35)14(2)20-18(27)4-3-5-19(20)28;1-10-8-12(6-7-21-10)15-14(9-19)22-17(20)23-16(15)11-2-4-13(18)5-3-11;1-9-8-11(6-7-20-9)13-14(21-16(19)22-15(13)17)10-2-4-12(18)5-3-10;11-9-7(13)8(15-10(14)16-9)5-1-3-6(12)4-2-5;11-9-5-8(14-10(13)15-9)6-1-3-7(12)4-2-6;1-5(9(12)13)8-6(10)3-2-4-7(8)11;1-8(9-11(2,3)4)10-12(5,6)7;1-5-4-6(7(9)10)2-3-8-5;;1-2-3;;;;;;/h3-12,14H,1-2H3,(H,34,35)(H3,29,31,32,33);2-8H,9,19H2,1H3,(H2,20,22,23);2-8H,1H3,(H2,19,21,22);1-4H,(H2,14,15,16);1-5H,(H2,13,14,15);2-5H,1H3,(H,12,13);1-7H3;2-4,9-10H,1H3;1H4;(H2,1,3);6*1H. The van der Waals surface area contributed by atoms with Gasteiger partial charge in [0.05, 0.1) is 55.1 Å². The van der Waals surface area contributed by atoms with Gasteiger partial charge in [0.15, 0.2) is 20.0 Å². The number of pyridine rings is 4. The highest BCUT2D eigenvalue weighted by atomic mass is 127. The number of halogens is 13. The van der Waals surface area contributed by atoms with Gasteiger partial charge in [-0.2, -0.15) is 4.98 Å². The van der Waals surface area contributed by atoms with Crippen molar-refractivity contribution in [1.29, 1.82) is 0 Å². The molecule has 2 unspecified atom stereocenters. The number of hydrazine groups is 1. The molecule has 1 amide bonds. The predicted molar refractivity (Wildman–Crippen MR) is 597 cm³/mol. The molecule has 2 atom stereocenters. The Morgan fingerprint density at radius 1 is 0.453 bits per heavy atom. The number of aryl methyl sites for hydroxylation is 4. The number of carboxylic acid groups (broad SMARTS) is 1. The number of rotatable bonds is 18. The van der Waals surface area contributed by atoms with Gasteiger partial charge in [-0.1, -0.05) is 54.4 Å². The van der Waals surface area contributed by atoms with E-state index in [0.717, 1.165) is 80.6 Å². The zero-order valence-corrected chi connectivity index (χ0v) is 88.5. The quantitative estimate of drug-likeness (QED) is 0.00437. The second-order valence-corrected chi connectivity index (χ2v) is 44.8. The summed E-state index contributed by atoms with van der Waals surface area (Å²) in [5.41, 5.74) is 53.6. The van der Waals surface area contributed by atoms with Crippen LogP contribution in [0.5, 0.6) is 0 Å². The molecule has 7 aromatic carbocycles. The number of amides is 1. The van der Waals surface area contributed by atoms with Gasteiger partial charge in [0.1, 0.15) is 67.8 Å². The van der Waals surface area contributed by atoms with Crippen molar-refractivity contribution in [2.45, 2.75) is 114 Å². The SMILES string of the molecule is C.CC(=N[Si](C)(C)C)O[Si](C)(C)C.CC(C(=O)O)c1c(F)cccc1F.Cc1cc(-c2c(CN)nc(N)nc2-c2ccc(F)cc2)ccn1.Cc1cc(-c2c(Cl)nc(N)nc2-c2ccc(F)cc2)ccn1.Cc1cc(-c2c(NNC(=O)C(C)c3c(F)cccc3F)nc(N)nc2-c2ccc(F)cc2)ccn1.Cc1cc(B(O)O)ccn1.NN=O.Nc1nc(Cl)c(I)c(-c2ccc(F)cc2)n1.Nc1nc(Cl)cc(-c2ccc(F)cc2)n1.[HH].[HH].[HH].[HH].[HH].[HH]. The molecule has 19 N–H and O–H groups in total. The average molecular weight is 2280 g/mol. The molecule has 0 saturated heterocycles. The first kappa shape index (κ1) is 121. The molecule has 0 fully saturated rings. The monoisotopic (exact) mass is 2270 g/mol. The van der Waals surface area contributed by atoms with Crippen LogP contribution in [0.15, 0.2) is 247 Å². The molecule has 0 aliphatic rings. The molecule has 16 aromatic rings. The topological polar surface area (TPSA) is 533 Å². The van der Waals surface area contributed by atoms with Crippen LogP contribution in [0.2, 0.25) is 54.7 Å². The Balaban J connectivity index is 0.000000909. The first-order valence-corrected chi connectivity index (χ1v) is 53.4. The summed E-state index contributed by atoms with van der Waals surface area (Å²) in [7, 11) is -4.15. The highest BCUT2D eigenvalue weighted by molar-refractivity contribution is 14.1. The Labute approximate surface area is 898 Å². The van der Waals surface area contributed by atoms with Gasteiger partial charge >= 0.3 is 13.1 Å². The number of benzene rings is 7. The van der Waals surface area contributed by atoms with Crippen LogP contribution in [-0.4, -0.2) is 126 Å². The Hall–Kier alpha value is -15.5. The second kappa shape index (κ2) is 57.2. The number of nitrogens with two attached hydrogens (primary N) is 7. The van der Waals surface area contributed by atoms with Gasteiger partial charge in [-0.25, -0.2) is 84.4 Å². The number of nitroso groups, excluding NO2 is 1. The highest BCUT2D eigenvalue weighted by Crippen LogP contribution is 2.40. The third-order valence-corrected chi connectivity index (χ3v) is 23.8. The van der Waals surface area contributed by atoms with Crippen LogP contribution in [0.25, 0.3) is 89.7 Å². The number of hydrogen-bond donors (Lipinski definition) is 12. The number of aliphatic carboxylic acids is 1. The van der Waals surface area contributed by atoms with Crippen LogP contribution < -0.4 is 56.6 Å². The maximum Gasteiger partial charge on any atom is 0.488 e. The molecule has 48 heteroatoms. The molecular formula is C102H117BCl3F9IN25O7Si2. The highest BCUT2D eigenvalue weighted by Gasteiger charge is 2.28. The summed E-state index contributed by atoms with van der Waals surface area (Å²) >= 11 is 19.9. The number of nitrogen functional groups attached to an aromatic ring is 5. The number of hydrogen-bond acceptors (Lipinski definition) is 29. The van der Waals surface area contributed by atoms with E-state index in [1.54, 1.807) is 135 Å². The Morgan fingerprint density at radius 3 is 1.17 bits per heavy atom. The van der Waals surface area contributed by atoms with Gasteiger partial charge < -0.3 is 54.0 Å². The van der Waals surface area contributed by atoms with Crippen molar-refractivity contribution in [3.05, 3.63) is 353 Å². The lowest BCUT2D eigenvalue weighted by Gasteiger charge is -2.21. The first-order chi connectivity index (χ1) is 70.3. The minimum atomic E-state index is -1.43. The fraction of sp³-hybridized carbons (Fsp3) is 0.167. The number of nitrogens with zero attached hydrogens (tertiary/aromatic N) is 16. The fourth-order valence-corrected chi connectivity index (χ4v) is 16.7.